The first-order valence-electron chi connectivity index (χ1n) is 5.94. The van der Waals surface area contributed by atoms with E-state index in [-0.39, 0.29) is 16.5 Å². The highest BCUT2D eigenvalue weighted by Gasteiger charge is 2.27. The van der Waals surface area contributed by atoms with Crippen LogP contribution < -0.4 is 5.32 Å². The monoisotopic (exact) mass is 429 g/mol. The molecule has 0 atom stereocenters. The van der Waals surface area contributed by atoms with Crippen LogP contribution in [0.5, 0.6) is 0 Å². The van der Waals surface area contributed by atoms with Gasteiger partial charge in [0, 0.05) is 25.6 Å². The van der Waals surface area contributed by atoms with Crippen LogP contribution in [0.1, 0.15) is 11.1 Å². The number of anilines is 1. The molecule has 1 amide bonds. The van der Waals surface area contributed by atoms with Gasteiger partial charge in [-0.1, -0.05) is 33.6 Å². The molecule has 0 spiro atoms. The molecule has 2 nitrogen and oxygen atoms in total. The Morgan fingerprint density at radius 2 is 2.00 bits per heavy atom. The predicted molar refractivity (Wildman–Crippen MR) is 89.8 cm³/mol. The Morgan fingerprint density at radius 1 is 1.24 bits per heavy atom. The summed E-state index contributed by atoms with van der Waals surface area (Å²) in [6.07, 6.45) is 1.47. The van der Waals surface area contributed by atoms with Gasteiger partial charge in [-0.3, -0.25) is 4.79 Å². The van der Waals surface area contributed by atoms with Gasteiger partial charge in [0.15, 0.2) is 0 Å². The molecule has 0 radical (unpaired) electrons. The number of amides is 1. The highest BCUT2D eigenvalue weighted by molar-refractivity contribution is 9.11. The van der Waals surface area contributed by atoms with Crippen molar-refractivity contribution in [2.75, 3.05) is 5.32 Å². The number of halogens is 4. The van der Waals surface area contributed by atoms with Gasteiger partial charge in [0.1, 0.15) is 5.82 Å². The second kappa shape index (κ2) is 5.55. The van der Waals surface area contributed by atoms with Gasteiger partial charge >= 0.3 is 0 Å². The number of nitrogens with one attached hydrogen (secondary N) is 1. The molecule has 0 aromatic heterocycles. The molecule has 0 fully saturated rings. The summed E-state index contributed by atoms with van der Waals surface area (Å²) in [5, 5.41) is 3.02. The van der Waals surface area contributed by atoms with Crippen molar-refractivity contribution in [1.82, 2.24) is 0 Å². The summed E-state index contributed by atoms with van der Waals surface area (Å²) in [4.78, 5) is 12.1. The van der Waals surface area contributed by atoms with E-state index >= 15 is 0 Å². The van der Waals surface area contributed by atoms with Crippen molar-refractivity contribution in [2.24, 2.45) is 0 Å². The third kappa shape index (κ3) is 2.65. The fourth-order valence-corrected chi connectivity index (χ4v) is 3.69. The molecule has 1 aliphatic rings. The lowest BCUT2D eigenvalue weighted by molar-refractivity contribution is -0.110. The number of benzene rings is 2. The van der Waals surface area contributed by atoms with Crippen LogP contribution in [-0.2, 0) is 4.79 Å². The van der Waals surface area contributed by atoms with Gasteiger partial charge in [-0.05, 0) is 46.3 Å². The summed E-state index contributed by atoms with van der Waals surface area (Å²) in [6.45, 7) is 0. The van der Waals surface area contributed by atoms with Crippen LogP contribution in [0.4, 0.5) is 10.1 Å². The van der Waals surface area contributed by atoms with Crippen molar-refractivity contribution < 1.29 is 9.18 Å². The number of hydrogen-bond donors (Lipinski definition) is 1. The molecular formula is C15H7Br2ClFNO. The summed E-state index contributed by atoms with van der Waals surface area (Å²) >= 11 is 12.8. The van der Waals surface area contributed by atoms with Gasteiger partial charge in [0.25, 0.3) is 5.91 Å². The van der Waals surface area contributed by atoms with Crippen molar-refractivity contribution in [3.8, 4) is 0 Å². The van der Waals surface area contributed by atoms with Crippen LogP contribution in [-0.4, -0.2) is 5.91 Å². The molecule has 3 rings (SSSR count). The van der Waals surface area contributed by atoms with Crippen LogP contribution in [0.15, 0.2) is 39.3 Å². The molecule has 0 saturated carbocycles. The smallest absolute Gasteiger partial charge is 0.256 e. The summed E-state index contributed by atoms with van der Waals surface area (Å²) in [5.74, 6) is -0.756. The standard InChI is InChI=1S/C15H7Br2ClFNO/c16-7-4-8-9(15(21)20-14(8)11(17)5-7)6-10-12(18)2-1-3-13(10)19/h1-6H,(H,20,21)/b9-6-. The minimum atomic E-state index is -0.467. The van der Waals surface area contributed by atoms with Crippen molar-refractivity contribution in [3.63, 3.8) is 0 Å². The molecule has 0 saturated heterocycles. The third-order valence-electron chi connectivity index (χ3n) is 3.12. The van der Waals surface area contributed by atoms with Crippen LogP contribution in [0, 0.1) is 5.82 Å². The first-order chi connectivity index (χ1) is 9.97. The van der Waals surface area contributed by atoms with Gasteiger partial charge in [-0.15, -0.1) is 0 Å². The summed E-state index contributed by atoms with van der Waals surface area (Å²) in [5.41, 5.74) is 1.94. The molecule has 2 aromatic carbocycles. The normalized spacial score (nSPS) is 15.2. The minimum Gasteiger partial charge on any atom is -0.320 e. The van der Waals surface area contributed by atoms with E-state index in [0.29, 0.717) is 16.8 Å². The Hall–Kier alpha value is -1.17. The number of hydrogen-bond acceptors (Lipinski definition) is 1. The second-order valence-corrected chi connectivity index (χ2v) is 6.63. The van der Waals surface area contributed by atoms with Crippen molar-refractivity contribution in [1.29, 1.82) is 0 Å². The zero-order valence-corrected chi connectivity index (χ0v) is 14.3. The maximum Gasteiger partial charge on any atom is 0.256 e. The largest absolute Gasteiger partial charge is 0.320 e. The average Bonchev–Trinajstić information content (AvgIpc) is 2.71. The zero-order valence-electron chi connectivity index (χ0n) is 10.4. The molecule has 0 bridgehead atoms. The quantitative estimate of drug-likeness (QED) is 0.594. The maximum absolute atomic E-state index is 13.9. The summed E-state index contributed by atoms with van der Waals surface area (Å²) in [7, 11) is 0. The van der Waals surface area contributed by atoms with E-state index in [9.17, 15) is 9.18 Å². The van der Waals surface area contributed by atoms with E-state index in [1.165, 1.54) is 18.2 Å². The molecule has 1 heterocycles. The van der Waals surface area contributed by atoms with Crippen LogP contribution in [0.3, 0.4) is 0 Å². The number of carbonyl (C=O) groups excluding carboxylic acids is 1. The van der Waals surface area contributed by atoms with Crippen molar-refractivity contribution in [3.05, 3.63) is 61.2 Å². The van der Waals surface area contributed by atoms with Crippen LogP contribution in [0.25, 0.3) is 11.6 Å². The Balaban J connectivity index is 2.22. The minimum absolute atomic E-state index is 0.202. The van der Waals surface area contributed by atoms with Crippen LogP contribution >= 0.6 is 43.5 Å². The van der Waals surface area contributed by atoms with E-state index in [1.807, 2.05) is 6.07 Å². The Bertz CT molecular complexity index is 784. The number of carbonyl (C=O) groups is 1. The van der Waals surface area contributed by atoms with Gasteiger partial charge in [0.2, 0.25) is 0 Å². The SMILES string of the molecule is O=C1Nc2c(Br)cc(Br)cc2/C1=C/c1c(F)cccc1Cl. The second-order valence-electron chi connectivity index (χ2n) is 4.46. The first kappa shape index (κ1) is 14.8. The lowest BCUT2D eigenvalue weighted by atomic mass is 10.0. The highest BCUT2D eigenvalue weighted by Crippen LogP contribution is 2.41. The van der Waals surface area contributed by atoms with Gasteiger partial charge in [0.05, 0.1) is 10.7 Å². The fourth-order valence-electron chi connectivity index (χ4n) is 2.15. The van der Waals surface area contributed by atoms with Gasteiger partial charge in [-0.25, -0.2) is 4.39 Å². The summed E-state index contributed by atoms with van der Waals surface area (Å²) < 4.78 is 15.5. The molecule has 1 aliphatic heterocycles. The molecule has 106 valence electrons. The molecular weight excluding hydrogens is 424 g/mol. The topological polar surface area (TPSA) is 29.1 Å². The lowest BCUT2D eigenvalue weighted by Gasteiger charge is -2.04. The first-order valence-corrected chi connectivity index (χ1v) is 7.90. The molecule has 0 unspecified atom stereocenters. The van der Waals surface area contributed by atoms with Crippen molar-refractivity contribution in [2.45, 2.75) is 0 Å². The molecule has 0 aliphatic carbocycles. The highest BCUT2D eigenvalue weighted by atomic mass is 79.9. The Morgan fingerprint density at radius 3 is 2.71 bits per heavy atom. The molecule has 1 N–H and O–H groups in total. The van der Waals surface area contributed by atoms with Gasteiger partial charge < -0.3 is 5.32 Å². The molecule has 2 aromatic rings. The number of fused-ring (bicyclic) bond motifs is 1. The summed E-state index contributed by atoms with van der Waals surface area (Å²) in [6, 6.07) is 8.05. The maximum atomic E-state index is 13.9. The fraction of sp³-hybridized carbons (Fsp3) is 0. The number of rotatable bonds is 1. The van der Waals surface area contributed by atoms with E-state index in [0.717, 1.165) is 8.95 Å². The Labute approximate surface area is 142 Å². The molecule has 21 heavy (non-hydrogen) atoms. The van der Waals surface area contributed by atoms with Crippen LogP contribution in [0.2, 0.25) is 5.02 Å². The van der Waals surface area contributed by atoms with E-state index < -0.39 is 5.82 Å². The van der Waals surface area contributed by atoms with E-state index in [2.05, 4.69) is 37.2 Å². The van der Waals surface area contributed by atoms with E-state index in [1.54, 1.807) is 12.1 Å². The zero-order chi connectivity index (χ0) is 15.1. The van der Waals surface area contributed by atoms with Crippen molar-refractivity contribution >= 4 is 66.7 Å². The van der Waals surface area contributed by atoms with E-state index in [4.69, 9.17) is 11.6 Å². The Kier molecular flexibility index (Phi) is 3.90. The van der Waals surface area contributed by atoms with Gasteiger partial charge in [-0.2, -0.15) is 0 Å². The third-order valence-corrected chi connectivity index (χ3v) is 4.53. The average molecular weight is 431 g/mol. The predicted octanol–water partition coefficient (Wildman–Crippen LogP) is 5.50. The molecule has 6 heteroatoms. The lowest BCUT2D eigenvalue weighted by Crippen LogP contribution is -2.04.